The lowest BCUT2D eigenvalue weighted by Crippen LogP contribution is -2.48. The zero-order chi connectivity index (χ0) is 19.7. The van der Waals surface area contributed by atoms with Crippen LogP contribution in [0.3, 0.4) is 0 Å². The first-order valence-electron chi connectivity index (χ1n) is 10.2. The predicted octanol–water partition coefficient (Wildman–Crippen LogP) is 2.02. The van der Waals surface area contributed by atoms with Crippen molar-refractivity contribution in [2.75, 3.05) is 39.3 Å². The largest absolute Gasteiger partial charge is 0.396 e. The number of morpholine rings is 1. The van der Waals surface area contributed by atoms with Gasteiger partial charge in [-0.05, 0) is 31.2 Å². The van der Waals surface area contributed by atoms with Gasteiger partial charge in [0.25, 0.3) is 5.91 Å². The summed E-state index contributed by atoms with van der Waals surface area (Å²) < 4.78 is 5.82. The van der Waals surface area contributed by atoms with Gasteiger partial charge in [-0.15, -0.1) is 0 Å². The molecular formula is C22H29N3O3. The number of hydrogen-bond acceptors (Lipinski definition) is 5. The van der Waals surface area contributed by atoms with Gasteiger partial charge in [-0.3, -0.25) is 14.7 Å². The average molecular weight is 383 g/mol. The van der Waals surface area contributed by atoms with Gasteiger partial charge >= 0.3 is 0 Å². The molecular weight excluding hydrogens is 354 g/mol. The van der Waals surface area contributed by atoms with Crippen molar-refractivity contribution in [1.29, 1.82) is 0 Å². The Kier molecular flexibility index (Phi) is 5.62. The number of fused-ring (bicyclic) bond motifs is 1. The van der Waals surface area contributed by atoms with Crippen LogP contribution in [-0.2, 0) is 4.74 Å². The summed E-state index contributed by atoms with van der Waals surface area (Å²) in [5, 5.41) is 11.9. The number of ether oxygens (including phenoxy) is 1. The van der Waals surface area contributed by atoms with Crippen LogP contribution in [-0.4, -0.2) is 77.3 Å². The Balaban J connectivity index is 1.45. The van der Waals surface area contributed by atoms with Gasteiger partial charge in [-0.1, -0.05) is 24.3 Å². The summed E-state index contributed by atoms with van der Waals surface area (Å²) in [5.74, 6) is 0.334. The maximum Gasteiger partial charge on any atom is 0.272 e. The number of benzene rings is 1. The molecule has 4 rings (SSSR count). The Hall–Kier alpha value is -2.02. The van der Waals surface area contributed by atoms with E-state index in [4.69, 9.17) is 4.74 Å². The van der Waals surface area contributed by atoms with Crippen molar-refractivity contribution in [2.24, 2.45) is 11.8 Å². The molecule has 150 valence electrons. The molecule has 0 saturated carbocycles. The van der Waals surface area contributed by atoms with Crippen molar-refractivity contribution in [1.82, 2.24) is 14.8 Å². The molecule has 2 fully saturated rings. The standard InChI is InChI=1S/C22H29N3O3/c1-15-9-24(10-16(2)28-15)11-19-12-25(13-20(19)14-26)22(27)21-7-17-5-3-4-6-18(17)8-23-21/h3-8,15-16,19-20,26H,9-14H2,1-2H3/t15-,16+,19-,20-/m0/s1. The number of aromatic nitrogens is 1. The average Bonchev–Trinajstić information content (AvgIpc) is 3.09. The van der Waals surface area contributed by atoms with Gasteiger partial charge in [-0.2, -0.15) is 0 Å². The molecule has 0 spiro atoms. The minimum atomic E-state index is -0.0459. The summed E-state index contributed by atoms with van der Waals surface area (Å²) in [5.41, 5.74) is 0.477. The molecule has 1 N–H and O–H groups in total. The van der Waals surface area contributed by atoms with E-state index in [9.17, 15) is 9.90 Å². The number of aliphatic hydroxyl groups excluding tert-OH is 1. The van der Waals surface area contributed by atoms with Crippen LogP contribution < -0.4 is 0 Å². The van der Waals surface area contributed by atoms with Crippen molar-refractivity contribution in [3.8, 4) is 0 Å². The third kappa shape index (κ3) is 4.04. The van der Waals surface area contributed by atoms with E-state index >= 15 is 0 Å². The number of carbonyl (C=O) groups excluding carboxylic acids is 1. The first kappa shape index (κ1) is 19.3. The van der Waals surface area contributed by atoms with Gasteiger partial charge in [0, 0.05) is 56.8 Å². The van der Waals surface area contributed by atoms with Gasteiger partial charge < -0.3 is 14.7 Å². The summed E-state index contributed by atoms with van der Waals surface area (Å²) in [6, 6.07) is 9.79. The predicted molar refractivity (Wildman–Crippen MR) is 108 cm³/mol. The fraction of sp³-hybridized carbons (Fsp3) is 0.545. The Labute approximate surface area is 166 Å². The SMILES string of the molecule is C[C@@H]1CN(C[C@H]2CN(C(=O)c3cc4ccccc4cn3)C[C@H]2CO)C[C@H](C)O1. The number of carbonyl (C=O) groups is 1. The number of hydrogen-bond donors (Lipinski definition) is 1. The lowest BCUT2D eigenvalue weighted by atomic mass is 9.96. The van der Waals surface area contributed by atoms with Crippen LogP contribution in [0.1, 0.15) is 24.3 Å². The highest BCUT2D eigenvalue weighted by atomic mass is 16.5. The van der Waals surface area contributed by atoms with Crippen molar-refractivity contribution in [3.63, 3.8) is 0 Å². The number of rotatable bonds is 4. The van der Waals surface area contributed by atoms with E-state index in [1.165, 1.54) is 0 Å². The molecule has 0 aliphatic carbocycles. The van der Waals surface area contributed by atoms with Crippen molar-refractivity contribution in [3.05, 3.63) is 42.2 Å². The maximum absolute atomic E-state index is 13.0. The summed E-state index contributed by atoms with van der Waals surface area (Å²) in [6.07, 6.45) is 2.20. The van der Waals surface area contributed by atoms with Crippen molar-refractivity contribution in [2.45, 2.75) is 26.1 Å². The smallest absolute Gasteiger partial charge is 0.272 e. The molecule has 2 saturated heterocycles. The van der Waals surface area contributed by atoms with Gasteiger partial charge in [0.2, 0.25) is 0 Å². The molecule has 6 nitrogen and oxygen atoms in total. The summed E-state index contributed by atoms with van der Waals surface area (Å²) in [4.78, 5) is 21.7. The second-order valence-electron chi connectivity index (χ2n) is 8.31. The van der Waals surface area contributed by atoms with Gasteiger partial charge in [0.05, 0.1) is 12.2 Å². The minimum absolute atomic E-state index is 0.0459. The third-order valence-corrected chi connectivity index (χ3v) is 5.94. The van der Waals surface area contributed by atoms with Crippen LogP contribution >= 0.6 is 0 Å². The van der Waals surface area contributed by atoms with Gasteiger partial charge in [0.1, 0.15) is 5.69 Å². The van der Waals surface area contributed by atoms with Crippen LogP contribution in [0.5, 0.6) is 0 Å². The number of aliphatic hydroxyl groups is 1. The summed E-state index contributed by atoms with van der Waals surface area (Å²) in [7, 11) is 0. The van der Waals surface area contributed by atoms with Crippen LogP contribution in [0.15, 0.2) is 36.5 Å². The molecule has 2 aromatic rings. The lowest BCUT2D eigenvalue weighted by Gasteiger charge is -2.37. The fourth-order valence-corrected chi connectivity index (χ4v) is 4.65. The molecule has 0 bridgehead atoms. The second kappa shape index (κ2) is 8.15. The molecule has 1 aromatic heterocycles. The van der Waals surface area contributed by atoms with Crippen LogP contribution in [0, 0.1) is 11.8 Å². The number of pyridine rings is 1. The maximum atomic E-state index is 13.0. The Morgan fingerprint density at radius 1 is 1.11 bits per heavy atom. The fourth-order valence-electron chi connectivity index (χ4n) is 4.65. The van der Waals surface area contributed by atoms with E-state index in [1.807, 2.05) is 35.2 Å². The monoisotopic (exact) mass is 383 g/mol. The van der Waals surface area contributed by atoms with E-state index in [0.717, 1.165) is 30.4 Å². The number of likely N-dealkylation sites (tertiary alicyclic amines) is 1. The summed E-state index contributed by atoms with van der Waals surface area (Å²) >= 11 is 0. The lowest BCUT2D eigenvalue weighted by molar-refractivity contribution is -0.0726. The second-order valence-corrected chi connectivity index (χ2v) is 8.31. The molecule has 4 atom stereocenters. The first-order chi connectivity index (χ1) is 13.5. The van der Waals surface area contributed by atoms with E-state index < -0.39 is 0 Å². The Morgan fingerprint density at radius 3 is 2.50 bits per heavy atom. The Bertz CT molecular complexity index is 833. The quantitative estimate of drug-likeness (QED) is 0.875. The van der Waals surface area contributed by atoms with Gasteiger partial charge in [-0.25, -0.2) is 0 Å². The first-order valence-corrected chi connectivity index (χ1v) is 10.2. The normalized spacial score (nSPS) is 28.8. The summed E-state index contributed by atoms with van der Waals surface area (Å²) in [6.45, 7) is 8.25. The van der Waals surface area contributed by atoms with E-state index in [2.05, 4.69) is 23.7 Å². The highest BCUT2D eigenvalue weighted by molar-refractivity contribution is 5.96. The van der Waals surface area contributed by atoms with Gasteiger partial charge in [0.15, 0.2) is 0 Å². The van der Waals surface area contributed by atoms with Crippen LogP contribution in [0.4, 0.5) is 0 Å². The molecule has 28 heavy (non-hydrogen) atoms. The zero-order valence-electron chi connectivity index (χ0n) is 16.6. The topological polar surface area (TPSA) is 65.9 Å². The zero-order valence-corrected chi connectivity index (χ0v) is 16.6. The molecule has 0 radical (unpaired) electrons. The third-order valence-electron chi connectivity index (χ3n) is 5.94. The molecule has 1 amide bonds. The molecule has 0 unspecified atom stereocenters. The molecule has 2 aliphatic rings. The van der Waals surface area contributed by atoms with Crippen LogP contribution in [0.25, 0.3) is 10.8 Å². The highest BCUT2D eigenvalue weighted by Crippen LogP contribution is 2.27. The van der Waals surface area contributed by atoms with Crippen molar-refractivity contribution >= 4 is 16.7 Å². The van der Waals surface area contributed by atoms with Crippen LogP contribution in [0.2, 0.25) is 0 Å². The minimum Gasteiger partial charge on any atom is -0.396 e. The van der Waals surface area contributed by atoms with E-state index in [0.29, 0.717) is 18.8 Å². The van der Waals surface area contributed by atoms with Crippen molar-refractivity contribution < 1.29 is 14.6 Å². The molecule has 3 heterocycles. The van der Waals surface area contributed by atoms with E-state index in [-0.39, 0.29) is 36.6 Å². The number of nitrogens with zero attached hydrogens (tertiary/aromatic N) is 3. The molecule has 2 aliphatic heterocycles. The number of amides is 1. The highest BCUT2D eigenvalue weighted by Gasteiger charge is 2.37. The molecule has 6 heteroatoms. The van der Waals surface area contributed by atoms with E-state index in [1.54, 1.807) is 6.20 Å². The Morgan fingerprint density at radius 2 is 1.79 bits per heavy atom. The molecule has 1 aromatic carbocycles.